The number of aliphatic carboxylic acids is 1. The standard InChI is InChI=1S/C51H73N9O14S3/c1-29(61)55-40(24-31-13-17-34(18-14-31)74-77(71,72)73)48(68)57-37(19-21-75-5)46(66)54-28-43(62)56-41(25-32-27-53-36-10-8-7-9-35(32)36)49(69)58-38(20-22-76-6)47(67)60-42(26-44(63)64)50(70)59-39(45(52)65)23-30-11-15-33(16-12-30)51(2,3)4/h7-10,13-14,17-18,27,30,33,37-42,53H,11-12,15-16,19-26,28H2,1-6H3,(H2,52,65)(H,54,66)(H,55,61)(H,56,62)(H,57,68)(H,58,69)(H,59,70)(H,60,67)(H,63,64)(H,71,72,73). The molecule has 0 radical (unpaired) electrons. The number of amides is 8. The molecule has 1 aliphatic carbocycles. The van der Waals surface area contributed by atoms with Crippen LogP contribution in [0.1, 0.15) is 90.2 Å². The summed E-state index contributed by atoms with van der Waals surface area (Å²) in [5.74, 6) is -6.78. The predicted molar refractivity (Wildman–Crippen MR) is 292 cm³/mol. The highest BCUT2D eigenvalue weighted by molar-refractivity contribution is 7.98. The Kier molecular flexibility index (Phi) is 24.6. The van der Waals surface area contributed by atoms with Crippen LogP contribution in [0.4, 0.5) is 0 Å². The highest BCUT2D eigenvalue weighted by Crippen LogP contribution is 2.41. The molecule has 6 atom stereocenters. The molecule has 6 unspecified atom stereocenters. The SMILES string of the molecule is CSCCC(NC(=O)C(Cc1ccc(OS(=O)(=O)O)cc1)NC(C)=O)C(=O)NCC(=O)NC(Cc1c[nH]c2ccccc12)C(=O)NC(CCSC)C(=O)NC(CC(=O)O)C(=O)NC(CC1CCC(C(C)(C)C)CC1)C(N)=O. The Morgan fingerprint density at radius 3 is 1.79 bits per heavy atom. The number of aromatic amines is 1. The van der Waals surface area contributed by atoms with E-state index in [0.717, 1.165) is 36.6 Å². The van der Waals surface area contributed by atoms with Gasteiger partial charge in [-0.3, -0.25) is 47.7 Å². The van der Waals surface area contributed by atoms with E-state index in [1.54, 1.807) is 36.9 Å². The van der Waals surface area contributed by atoms with Crippen LogP contribution in [0.2, 0.25) is 0 Å². The fraction of sp³-hybridized carbons (Fsp3) is 0.549. The molecule has 0 spiro atoms. The normalized spacial score (nSPS) is 17.0. The largest absolute Gasteiger partial charge is 0.481 e. The van der Waals surface area contributed by atoms with Crippen LogP contribution in [-0.2, 0) is 66.4 Å². The summed E-state index contributed by atoms with van der Waals surface area (Å²) in [5.41, 5.74) is 7.64. The van der Waals surface area contributed by atoms with Crippen LogP contribution < -0.4 is 47.1 Å². The first kappa shape index (κ1) is 63.2. The number of fused-ring (bicyclic) bond motifs is 1. The maximum Gasteiger partial charge on any atom is 0.446 e. The Balaban J connectivity index is 1.49. The van der Waals surface area contributed by atoms with Crippen molar-refractivity contribution in [2.24, 2.45) is 23.0 Å². The Hall–Kier alpha value is -6.38. The van der Waals surface area contributed by atoms with E-state index >= 15 is 0 Å². The monoisotopic (exact) mass is 1130 g/mol. The highest BCUT2D eigenvalue weighted by Gasteiger charge is 2.36. The third-order valence-electron chi connectivity index (χ3n) is 13.2. The molecular weight excluding hydrogens is 1060 g/mol. The number of rotatable bonds is 30. The summed E-state index contributed by atoms with van der Waals surface area (Å²) in [6.07, 6.45) is 7.97. The number of carbonyl (C=O) groups is 9. The van der Waals surface area contributed by atoms with Crippen LogP contribution >= 0.6 is 23.5 Å². The lowest BCUT2D eigenvalue weighted by Gasteiger charge is -2.37. The summed E-state index contributed by atoms with van der Waals surface area (Å²) in [6, 6.07) is 4.51. The number of primary amides is 1. The maximum atomic E-state index is 14.4. The molecule has 26 heteroatoms. The zero-order valence-electron chi connectivity index (χ0n) is 44.1. The number of carbonyl (C=O) groups excluding carboxylic acids is 8. The minimum Gasteiger partial charge on any atom is -0.481 e. The summed E-state index contributed by atoms with van der Waals surface area (Å²) in [7, 11) is -4.79. The van der Waals surface area contributed by atoms with E-state index in [4.69, 9.17) is 10.3 Å². The van der Waals surface area contributed by atoms with Crippen LogP contribution in [0.3, 0.4) is 0 Å². The van der Waals surface area contributed by atoms with Gasteiger partial charge in [0, 0.05) is 36.9 Å². The first-order valence-electron chi connectivity index (χ1n) is 25.1. The molecular formula is C51H73N9O14S3. The van der Waals surface area contributed by atoms with E-state index in [2.05, 4.69) is 67.2 Å². The maximum absolute atomic E-state index is 14.4. The van der Waals surface area contributed by atoms with E-state index in [0.29, 0.717) is 28.6 Å². The molecule has 1 heterocycles. The number of carboxylic acid groups (broad SMARTS) is 1. The van der Waals surface area contributed by atoms with Crippen LogP contribution in [0.5, 0.6) is 5.75 Å². The highest BCUT2D eigenvalue weighted by atomic mass is 32.3. The second-order valence-electron chi connectivity index (χ2n) is 20.1. The first-order valence-corrected chi connectivity index (χ1v) is 29.3. The fourth-order valence-corrected chi connectivity index (χ4v) is 10.4. The second-order valence-corrected chi connectivity index (χ2v) is 23.1. The quantitative estimate of drug-likeness (QED) is 0.0425. The van der Waals surface area contributed by atoms with Gasteiger partial charge in [0.05, 0.1) is 13.0 Å². The van der Waals surface area contributed by atoms with Crippen molar-refractivity contribution in [2.45, 2.75) is 128 Å². The third-order valence-corrected chi connectivity index (χ3v) is 14.9. The Morgan fingerprint density at radius 1 is 0.714 bits per heavy atom. The molecule has 1 aromatic heterocycles. The number of benzene rings is 2. The first-order chi connectivity index (χ1) is 36.3. The molecule has 0 bridgehead atoms. The summed E-state index contributed by atoms with van der Waals surface area (Å²) in [6.45, 7) is 7.06. The number of para-hydroxylation sites is 1. The number of thioether (sulfide) groups is 2. The molecule has 12 N–H and O–H groups in total. The average molecular weight is 1130 g/mol. The predicted octanol–water partition coefficient (Wildman–Crippen LogP) is 1.89. The van der Waals surface area contributed by atoms with E-state index in [-0.39, 0.29) is 49.2 Å². The zero-order valence-corrected chi connectivity index (χ0v) is 46.6. The van der Waals surface area contributed by atoms with Gasteiger partial charge in [0.25, 0.3) is 0 Å². The summed E-state index contributed by atoms with van der Waals surface area (Å²) in [4.78, 5) is 123. The van der Waals surface area contributed by atoms with Gasteiger partial charge in [0.2, 0.25) is 47.3 Å². The average Bonchev–Trinajstić information content (AvgIpc) is 3.76. The van der Waals surface area contributed by atoms with Crippen molar-refractivity contribution in [3.63, 3.8) is 0 Å². The van der Waals surface area contributed by atoms with E-state index in [1.165, 1.54) is 54.7 Å². The topological polar surface area (TPSA) is 363 Å². The second kappa shape index (κ2) is 30.0. The summed E-state index contributed by atoms with van der Waals surface area (Å²) >= 11 is 2.72. The fourth-order valence-electron chi connectivity index (χ4n) is 9.08. The Morgan fingerprint density at radius 2 is 1.25 bits per heavy atom. The molecule has 1 aliphatic rings. The van der Waals surface area contributed by atoms with Crippen LogP contribution in [0, 0.1) is 17.3 Å². The Labute approximate surface area is 457 Å². The number of aromatic nitrogens is 1. The van der Waals surface area contributed by atoms with Gasteiger partial charge in [0.15, 0.2) is 0 Å². The molecule has 424 valence electrons. The molecule has 0 saturated heterocycles. The van der Waals surface area contributed by atoms with Crippen molar-refractivity contribution in [2.75, 3.05) is 30.6 Å². The van der Waals surface area contributed by atoms with Gasteiger partial charge in [-0.25, -0.2) is 0 Å². The van der Waals surface area contributed by atoms with E-state index in [1.807, 2.05) is 6.07 Å². The summed E-state index contributed by atoms with van der Waals surface area (Å²) < 4.78 is 35.6. The Bertz CT molecular complexity index is 2660. The van der Waals surface area contributed by atoms with Gasteiger partial charge in [0.1, 0.15) is 42.0 Å². The number of hydrogen-bond donors (Lipinski definition) is 11. The number of H-pyrrole nitrogens is 1. The molecule has 1 saturated carbocycles. The smallest absolute Gasteiger partial charge is 0.446 e. The number of carboxylic acids is 1. The van der Waals surface area contributed by atoms with Gasteiger partial charge in [-0.15, -0.1) is 0 Å². The van der Waals surface area contributed by atoms with Crippen molar-refractivity contribution in [3.05, 3.63) is 65.9 Å². The minimum atomic E-state index is -4.79. The van der Waals surface area contributed by atoms with Crippen molar-refractivity contribution in [1.82, 2.24) is 42.2 Å². The third kappa shape index (κ3) is 21.5. The lowest BCUT2D eigenvalue weighted by atomic mass is 9.69. The molecule has 77 heavy (non-hydrogen) atoms. The lowest BCUT2D eigenvalue weighted by Crippen LogP contribution is -2.59. The number of nitrogens with one attached hydrogen (secondary N) is 8. The number of hydrogen-bond acceptors (Lipinski definition) is 14. The molecule has 2 aromatic carbocycles. The molecule has 4 rings (SSSR count). The van der Waals surface area contributed by atoms with Crippen molar-refractivity contribution in [3.8, 4) is 5.75 Å². The molecule has 0 aliphatic heterocycles. The molecule has 8 amide bonds. The minimum absolute atomic E-state index is 0.00928. The van der Waals surface area contributed by atoms with Gasteiger partial charge in [-0.05, 0) is 103 Å². The van der Waals surface area contributed by atoms with Gasteiger partial charge < -0.3 is 57.2 Å². The summed E-state index contributed by atoms with van der Waals surface area (Å²) in [5, 5.41) is 28.6. The molecule has 3 aromatic rings. The lowest BCUT2D eigenvalue weighted by molar-refractivity contribution is -0.141. The zero-order chi connectivity index (χ0) is 57.0. The van der Waals surface area contributed by atoms with Gasteiger partial charge >= 0.3 is 16.4 Å². The van der Waals surface area contributed by atoms with Gasteiger partial charge in [-0.1, -0.05) is 63.9 Å². The van der Waals surface area contributed by atoms with E-state index < -0.39 is 113 Å². The van der Waals surface area contributed by atoms with Crippen LogP contribution in [0.15, 0.2) is 54.7 Å². The molecule has 23 nitrogen and oxygen atoms in total. The number of nitrogens with two attached hydrogens (primary N) is 1. The van der Waals surface area contributed by atoms with Crippen molar-refractivity contribution < 1.29 is 65.4 Å². The van der Waals surface area contributed by atoms with Crippen molar-refractivity contribution >= 4 is 98.1 Å². The van der Waals surface area contributed by atoms with Crippen LogP contribution in [-0.4, -0.2) is 143 Å². The van der Waals surface area contributed by atoms with Crippen LogP contribution in [0.25, 0.3) is 10.9 Å². The van der Waals surface area contributed by atoms with Gasteiger partial charge in [-0.2, -0.15) is 31.9 Å². The molecule has 1 fully saturated rings. The van der Waals surface area contributed by atoms with E-state index in [9.17, 15) is 56.7 Å². The van der Waals surface area contributed by atoms with Crippen molar-refractivity contribution in [1.29, 1.82) is 0 Å².